The van der Waals surface area contributed by atoms with Crippen molar-refractivity contribution in [2.75, 3.05) is 0 Å². The number of aromatic carboxylic acids is 1. The largest absolute Gasteiger partial charge is 0.478 e. The SMILES string of the molecule is O=C(CC1SC(=O)NC1=O)Oc1ccccc1C(=O)O. The van der Waals surface area contributed by atoms with E-state index in [1.54, 1.807) is 0 Å². The van der Waals surface area contributed by atoms with Crippen molar-refractivity contribution in [1.29, 1.82) is 0 Å². The van der Waals surface area contributed by atoms with Gasteiger partial charge in [-0.25, -0.2) is 4.79 Å². The average Bonchev–Trinajstić information content (AvgIpc) is 2.68. The summed E-state index contributed by atoms with van der Waals surface area (Å²) in [6.07, 6.45) is -0.309. The molecule has 1 heterocycles. The molecule has 0 radical (unpaired) electrons. The summed E-state index contributed by atoms with van der Waals surface area (Å²) < 4.78 is 4.93. The van der Waals surface area contributed by atoms with Crippen molar-refractivity contribution in [1.82, 2.24) is 5.32 Å². The summed E-state index contributed by atoms with van der Waals surface area (Å²) >= 11 is 0.706. The second kappa shape index (κ2) is 5.74. The van der Waals surface area contributed by atoms with Crippen molar-refractivity contribution in [3.63, 3.8) is 0 Å². The molecule has 1 saturated heterocycles. The normalized spacial score (nSPS) is 17.7. The number of para-hydroxylation sites is 1. The van der Waals surface area contributed by atoms with Crippen LogP contribution in [0.2, 0.25) is 0 Å². The molecule has 0 spiro atoms. The van der Waals surface area contributed by atoms with Gasteiger partial charge in [-0.2, -0.15) is 0 Å². The zero-order valence-corrected chi connectivity index (χ0v) is 10.8. The number of carboxylic acids is 1. The summed E-state index contributed by atoms with van der Waals surface area (Å²) in [4.78, 5) is 44.9. The van der Waals surface area contributed by atoms with Crippen LogP contribution in [0.25, 0.3) is 0 Å². The number of carbonyl (C=O) groups is 4. The van der Waals surface area contributed by atoms with E-state index in [9.17, 15) is 19.2 Å². The number of imide groups is 1. The Balaban J connectivity index is 2.04. The number of nitrogens with one attached hydrogen (secondary N) is 1. The van der Waals surface area contributed by atoms with Gasteiger partial charge in [0.15, 0.2) is 0 Å². The van der Waals surface area contributed by atoms with E-state index < -0.39 is 28.3 Å². The molecule has 0 aromatic heterocycles. The van der Waals surface area contributed by atoms with Crippen molar-refractivity contribution in [2.45, 2.75) is 11.7 Å². The summed E-state index contributed by atoms with van der Waals surface area (Å²) in [7, 11) is 0. The van der Waals surface area contributed by atoms with Crippen molar-refractivity contribution in [2.24, 2.45) is 0 Å². The van der Waals surface area contributed by atoms with Gasteiger partial charge < -0.3 is 9.84 Å². The third-order valence-electron chi connectivity index (χ3n) is 2.46. The predicted molar refractivity (Wildman–Crippen MR) is 68.6 cm³/mol. The summed E-state index contributed by atoms with van der Waals surface area (Å²) in [5, 5.41) is 9.63. The van der Waals surface area contributed by atoms with E-state index in [2.05, 4.69) is 0 Å². The Labute approximate surface area is 117 Å². The molecule has 1 aromatic rings. The van der Waals surface area contributed by atoms with E-state index >= 15 is 0 Å². The number of esters is 1. The molecular formula is C12H9NO6S. The highest BCUT2D eigenvalue weighted by atomic mass is 32.2. The van der Waals surface area contributed by atoms with E-state index in [1.165, 1.54) is 24.3 Å². The van der Waals surface area contributed by atoms with Gasteiger partial charge in [-0.1, -0.05) is 23.9 Å². The fourth-order valence-corrected chi connectivity index (χ4v) is 2.38. The van der Waals surface area contributed by atoms with E-state index in [1.807, 2.05) is 5.32 Å². The first-order chi connectivity index (χ1) is 9.47. The molecule has 1 atom stereocenters. The number of thioether (sulfide) groups is 1. The maximum Gasteiger partial charge on any atom is 0.339 e. The molecule has 0 saturated carbocycles. The molecular weight excluding hydrogens is 286 g/mol. The van der Waals surface area contributed by atoms with E-state index in [0.717, 1.165) is 0 Å². The molecule has 2 rings (SSSR count). The molecule has 1 aromatic carbocycles. The van der Waals surface area contributed by atoms with Gasteiger partial charge in [-0.15, -0.1) is 0 Å². The zero-order valence-electron chi connectivity index (χ0n) is 9.99. The summed E-state index contributed by atoms with van der Waals surface area (Å²) in [6, 6.07) is 5.66. The number of amides is 2. The molecule has 0 bridgehead atoms. The highest BCUT2D eigenvalue weighted by molar-refractivity contribution is 8.15. The molecule has 1 aliphatic heterocycles. The lowest BCUT2D eigenvalue weighted by Crippen LogP contribution is -2.27. The lowest BCUT2D eigenvalue weighted by molar-refractivity contribution is -0.135. The first-order valence-corrected chi connectivity index (χ1v) is 6.40. The highest BCUT2D eigenvalue weighted by Gasteiger charge is 2.34. The van der Waals surface area contributed by atoms with E-state index in [0.29, 0.717) is 11.8 Å². The van der Waals surface area contributed by atoms with Crippen molar-refractivity contribution < 1.29 is 29.0 Å². The van der Waals surface area contributed by atoms with Gasteiger partial charge in [-0.05, 0) is 12.1 Å². The molecule has 1 unspecified atom stereocenters. The topological polar surface area (TPSA) is 110 Å². The first-order valence-electron chi connectivity index (χ1n) is 5.52. The number of benzene rings is 1. The maximum atomic E-state index is 11.7. The van der Waals surface area contributed by atoms with Gasteiger partial charge >= 0.3 is 11.9 Å². The molecule has 0 aliphatic carbocycles. The number of rotatable bonds is 4. The molecule has 7 nitrogen and oxygen atoms in total. The Bertz CT molecular complexity index is 599. The smallest absolute Gasteiger partial charge is 0.339 e. The van der Waals surface area contributed by atoms with Gasteiger partial charge in [-0.3, -0.25) is 19.7 Å². The molecule has 2 N–H and O–H groups in total. The van der Waals surface area contributed by atoms with Crippen LogP contribution in [-0.2, 0) is 9.59 Å². The van der Waals surface area contributed by atoms with Gasteiger partial charge in [0.1, 0.15) is 16.6 Å². The summed E-state index contributed by atoms with van der Waals surface area (Å²) in [5.74, 6) is -2.65. The Morgan fingerprint density at radius 3 is 2.60 bits per heavy atom. The predicted octanol–water partition coefficient (Wildman–Crippen LogP) is 1.03. The van der Waals surface area contributed by atoms with Crippen molar-refractivity contribution in [3.05, 3.63) is 29.8 Å². The second-order valence-electron chi connectivity index (χ2n) is 3.86. The minimum absolute atomic E-state index is 0.0975. The van der Waals surface area contributed by atoms with Crippen molar-refractivity contribution >= 4 is 34.8 Å². The summed E-state index contributed by atoms with van der Waals surface area (Å²) in [5.41, 5.74) is -0.152. The van der Waals surface area contributed by atoms with Crippen LogP contribution >= 0.6 is 11.8 Å². The lowest BCUT2D eigenvalue weighted by Gasteiger charge is -2.08. The lowest BCUT2D eigenvalue weighted by atomic mass is 10.2. The molecule has 2 amide bonds. The Morgan fingerprint density at radius 1 is 1.30 bits per heavy atom. The third kappa shape index (κ3) is 3.15. The number of hydrogen-bond acceptors (Lipinski definition) is 6. The first kappa shape index (κ1) is 14.1. The van der Waals surface area contributed by atoms with E-state index in [-0.39, 0.29) is 17.7 Å². The Hall–Kier alpha value is -2.35. The molecule has 1 aliphatic rings. The van der Waals surface area contributed by atoms with Gasteiger partial charge in [0.05, 0.1) is 6.42 Å². The Morgan fingerprint density at radius 2 is 2.00 bits per heavy atom. The quantitative estimate of drug-likeness (QED) is 0.630. The molecule has 104 valence electrons. The highest BCUT2D eigenvalue weighted by Crippen LogP contribution is 2.24. The average molecular weight is 295 g/mol. The fraction of sp³-hybridized carbons (Fsp3) is 0.167. The summed E-state index contributed by atoms with van der Waals surface area (Å²) in [6.45, 7) is 0. The van der Waals surface area contributed by atoms with Crippen LogP contribution in [0.1, 0.15) is 16.8 Å². The second-order valence-corrected chi connectivity index (χ2v) is 5.04. The van der Waals surface area contributed by atoms with Gasteiger partial charge in [0, 0.05) is 0 Å². The third-order valence-corrected chi connectivity index (χ3v) is 3.44. The fourth-order valence-electron chi connectivity index (χ4n) is 1.58. The van der Waals surface area contributed by atoms with Crippen LogP contribution < -0.4 is 10.1 Å². The number of carboxylic acid groups (broad SMARTS) is 1. The number of hydrogen-bond donors (Lipinski definition) is 2. The van der Waals surface area contributed by atoms with Crippen LogP contribution in [0.3, 0.4) is 0 Å². The molecule has 1 fully saturated rings. The van der Waals surface area contributed by atoms with Crippen LogP contribution in [0.15, 0.2) is 24.3 Å². The van der Waals surface area contributed by atoms with Crippen molar-refractivity contribution in [3.8, 4) is 5.75 Å². The molecule has 20 heavy (non-hydrogen) atoms. The van der Waals surface area contributed by atoms with Crippen LogP contribution in [0, 0.1) is 0 Å². The number of carbonyl (C=O) groups excluding carboxylic acids is 3. The van der Waals surface area contributed by atoms with E-state index in [4.69, 9.17) is 9.84 Å². The minimum atomic E-state index is -1.23. The maximum absolute atomic E-state index is 11.7. The van der Waals surface area contributed by atoms with Crippen LogP contribution in [0.4, 0.5) is 4.79 Å². The Kier molecular flexibility index (Phi) is 4.04. The van der Waals surface area contributed by atoms with Gasteiger partial charge in [0.25, 0.3) is 5.24 Å². The molecule has 8 heteroatoms. The minimum Gasteiger partial charge on any atom is -0.478 e. The monoisotopic (exact) mass is 295 g/mol. The van der Waals surface area contributed by atoms with Crippen LogP contribution in [0.5, 0.6) is 5.75 Å². The zero-order chi connectivity index (χ0) is 14.7. The van der Waals surface area contributed by atoms with Crippen LogP contribution in [-0.4, -0.2) is 33.4 Å². The van der Waals surface area contributed by atoms with Gasteiger partial charge in [0.2, 0.25) is 5.91 Å². The standard InChI is InChI=1S/C12H9NO6S/c14-9(5-8-10(15)13-12(18)20-8)19-7-4-2-1-3-6(7)11(16)17/h1-4,8H,5H2,(H,16,17)(H,13,15,18). The number of ether oxygens (including phenoxy) is 1.